The lowest BCUT2D eigenvalue weighted by molar-refractivity contribution is -0.384. The Balaban J connectivity index is 3.04. The number of alkyl halides is 1. The van der Waals surface area contributed by atoms with Gasteiger partial charge in [-0.2, -0.15) is 0 Å². The molecule has 4 nitrogen and oxygen atoms in total. The van der Waals surface area contributed by atoms with Gasteiger partial charge in [0.2, 0.25) is 0 Å². The van der Waals surface area contributed by atoms with Crippen molar-refractivity contribution in [3.05, 3.63) is 39.9 Å². The smallest absolute Gasteiger partial charge is 0.269 e. The summed E-state index contributed by atoms with van der Waals surface area (Å²) in [4.78, 5) is 20.1. The maximum atomic E-state index is 10.3. The summed E-state index contributed by atoms with van der Waals surface area (Å²) in [6.45, 7) is 0. The molecule has 68 valence electrons. The molecule has 0 fully saturated rings. The first kappa shape index (κ1) is 9.67. The molecule has 1 aromatic carbocycles. The normalized spacial score (nSPS) is 12.1. The Labute approximate surface area is 79.3 Å². The van der Waals surface area contributed by atoms with E-state index in [4.69, 9.17) is 11.6 Å². The second-order valence-corrected chi connectivity index (χ2v) is 2.86. The predicted molar refractivity (Wildman–Crippen MR) is 47.8 cm³/mol. The van der Waals surface area contributed by atoms with Gasteiger partial charge in [0, 0.05) is 12.1 Å². The van der Waals surface area contributed by atoms with Crippen LogP contribution in [0.15, 0.2) is 24.3 Å². The maximum Gasteiger partial charge on any atom is 0.269 e. The highest BCUT2D eigenvalue weighted by molar-refractivity contribution is 6.27. The summed E-state index contributed by atoms with van der Waals surface area (Å²) in [5.74, 6) is 0. The van der Waals surface area contributed by atoms with E-state index in [-0.39, 0.29) is 5.69 Å². The van der Waals surface area contributed by atoms with Crippen LogP contribution in [0.5, 0.6) is 0 Å². The SMILES string of the molecule is O=CC(Cl)c1cccc([N+](=O)[O-])c1. The average molecular weight is 200 g/mol. The number of hydrogen-bond acceptors (Lipinski definition) is 3. The molecule has 0 saturated carbocycles. The summed E-state index contributed by atoms with van der Waals surface area (Å²) in [7, 11) is 0. The van der Waals surface area contributed by atoms with Crippen LogP contribution < -0.4 is 0 Å². The number of nitrogens with zero attached hydrogens (tertiary/aromatic N) is 1. The fourth-order valence-electron chi connectivity index (χ4n) is 0.888. The minimum atomic E-state index is -0.820. The van der Waals surface area contributed by atoms with E-state index in [2.05, 4.69) is 0 Å². The molecule has 0 radical (unpaired) electrons. The highest BCUT2D eigenvalue weighted by Gasteiger charge is 2.10. The summed E-state index contributed by atoms with van der Waals surface area (Å²) in [6, 6.07) is 5.69. The number of carbonyl (C=O) groups is 1. The number of halogens is 1. The van der Waals surface area contributed by atoms with Gasteiger partial charge in [-0.25, -0.2) is 0 Å². The van der Waals surface area contributed by atoms with Crippen LogP contribution in [0.2, 0.25) is 0 Å². The molecule has 1 atom stereocenters. The zero-order chi connectivity index (χ0) is 9.84. The van der Waals surface area contributed by atoms with Gasteiger partial charge in [0.15, 0.2) is 0 Å². The molecule has 1 aromatic rings. The highest BCUT2D eigenvalue weighted by atomic mass is 35.5. The molecule has 0 saturated heterocycles. The van der Waals surface area contributed by atoms with Gasteiger partial charge in [-0.3, -0.25) is 10.1 Å². The van der Waals surface area contributed by atoms with Gasteiger partial charge < -0.3 is 4.79 Å². The van der Waals surface area contributed by atoms with Crippen LogP contribution in [0.25, 0.3) is 0 Å². The average Bonchev–Trinajstić information content (AvgIpc) is 2.17. The van der Waals surface area contributed by atoms with Crippen molar-refractivity contribution in [3.8, 4) is 0 Å². The number of benzene rings is 1. The predicted octanol–water partition coefficient (Wildman–Crippen LogP) is 2.07. The first-order valence-corrected chi connectivity index (χ1v) is 3.92. The van der Waals surface area contributed by atoms with Crippen LogP contribution in [0.1, 0.15) is 10.9 Å². The summed E-state index contributed by atoms with van der Waals surface area (Å²) in [5.41, 5.74) is 0.371. The molecule has 0 bridgehead atoms. The van der Waals surface area contributed by atoms with Gasteiger partial charge in [-0.1, -0.05) is 12.1 Å². The molecule has 13 heavy (non-hydrogen) atoms. The number of nitro groups is 1. The van der Waals surface area contributed by atoms with E-state index in [0.717, 1.165) is 0 Å². The number of non-ortho nitro benzene ring substituents is 1. The number of aldehydes is 1. The van der Waals surface area contributed by atoms with Gasteiger partial charge in [0.1, 0.15) is 11.7 Å². The second kappa shape index (κ2) is 4.00. The summed E-state index contributed by atoms with van der Waals surface area (Å²) in [5, 5.41) is 9.52. The first-order chi connectivity index (χ1) is 6.15. The van der Waals surface area contributed by atoms with Crippen molar-refractivity contribution in [1.29, 1.82) is 0 Å². The molecule has 0 spiro atoms. The lowest BCUT2D eigenvalue weighted by atomic mass is 10.1. The van der Waals surface area contributed by atoms with Crippen molar-refractivity contribution >= 4 is 23.6 Å². The van der Waals surface area contributed by atoms with E-state index in [0.29, 0.717) is 11.8 Å². The number of rotatable bonds is 3. The standard InChI is InChI=1S/C8H6ClNO3/c9-8(5-11)6-2-1-3-7(4-6)10(12)13/h1-5,8H. The van der Waals surface area contributed by atoms with Crippen LogP contribution in [0, 0.1) is 10.1 Å². The van der Waals surface area contributed by atoms with E-state index in [1.54, 1.807) is 6.07 Å². The fourth-order valence-corrected chi connectivity index (χ4v) is 1.02. The summed E-state index contributed by atoms with van der Waals surface area (Å²) < 4.78 is 0. The zero-order valence-corrected chi connectivity index (χ0v) is 7.27. The van der Waals surface area contributed by atoms with E-state index in [9.17, 15) is 14.9 Å². The van der Waals surface area contributed by atoms with Gasteiger partial charge in [0.25, 0.3) is 5.69 Å². The Kier molecular flexibility index (Phi) is 2.97. The molecule has 1 unspecified atom stereocenters. The molecular weight excluding hydrogens is 194 g/mol. The van der Waals surface area contributed by atoms with E-state index in [1.807, 2.05) is 0 Å². The van der Waals surface area contributed by atoms with Crippen molar-refractivity contribution in [2.75, 3.05) is 0 Å². The maximum absolute atomic E-state index is 10.3. The van der Waals surface area contributed by atoms with Crippen LogP contribution in [-0.2, 0) is 4.79 Å². The third-order valence-electron chi connectivity index (χ3n) is 1.52. The van der Waals surface area contributed by atoms with E-state index < -0.39 is 10.3 Å². The van der Waals surface area contributed by atoms with E-state index >= 15 is 0 Å². The van der Waals surface area contributed by atoms with Crippen molar-refractivity contribution in [1.82, 2.24) is 0 Å². The van der Waals surface area contributed by atoms with Gasteiger partial charge in [-0.05, 0) is 5.56 Å². The van der Waals surface area contributed by atoms with Gasteiger partial charge in [0.05, 0.1) is 4.92 Å². The van der Waals surface area contributed by atoms with Crippen LogP contribution in [-0.4, -0.2) is 11.2 Å². The number of nitro benzene ring substituents is 1. The third kappa shape index (κ3) is 2.26. The molecule has 0 N–H and O–H groups in total. The molecule has 0 amide bonds. The topological polar surface area (TPSA) is 60.2 Å². The Morgan fingerprint density at radius 2 is 2.23 bits per heavy atom. The molecule has 0 aliphatic rings. The molecule has 1 rings (SSSR count). The quantitative estimate of drug-likeness (QED) is 0.324. The fraction of sp³-hybridized carbons (Fsp3) is 0.125. The molecule has 0 heterocycles. The first-order valence-electron chi connectivity index (χ1n) is 3.49. The minimum absolute atomic E-state index is 0.0648. The molecule has 0 aromatic heterocycles. The lowest BCUT2D eigenvalue weighted by Gasteiger charge is -2.00. The summed E-state index contributed by atoms with van der Waals surface area (Å²) >= 11 is 5.58. The Bertz CT molecular complexity index is 340. The van der Waals surface area contributed by atoms with Crippen LogP contribution >= 0.6 is 11.6 Å². The largest absolute Gasteiger partial charge is 0.301 e. The van der Waals surface area contributed by atoms with E-state index in [1.165, 1.54) is 18.2 Å². The second-order valence-electron chi connectivity index (χ2n) is 2.39. The third-order valence-corrected chi connectivity index (χ3v) is 1.87. The number of hydrogen-bond donors (Lipinski definition) is 0. The van der Waals surface area contributed by atoms with Crippen LogP contribution in [0.3, 0.4) is 0 Å². The van der Waals surface area contributed by atoms with Crippen molar-refractivity contribution < 1.29 is 9.72 Å². The molecule has 0 aliphatic heterocycles. The van der Waals surface area contributed by atoms with Gasteiger partial charge >= 0.3 is 0 Å². The van der Waals surface area contributed by atoms with Crippen molar-refractivity contribution in [2.24, 2.45) is 0 Å². The Morgan fingerprint density at radius 1 is 1.54 bits per heavy atom. The Hall–Kier alpha value is -1.42. The van der Waals surface area contributed by atoms with Gasteiger partial charge in [-0.15, -0.1) is 11.6 Å². The van der Waals surface area contributed by atoms with Crippen molar-refractivity contribution in [3.63, 3.8) is 0 Å². The minimum Gasteiger partial charge on any atom is -0.301 e. The van der Waals surface area contributed by atoms with Crippen LogP contribution in [0.4, 0.5) is 5.69 Å². The highest BCUT2D eigenvalue weighted by Crippen LogP contribution is 2.21. The Morgan fingerprint density at radius 3 is 2.77 bits per heavy atom. The zero-order valence-electron chi connectivity index (χ0n) is 6.51. The molecule has 5 heteroatoms. The number of carbonyl (C=O) groups excluding carboxylic acids is 1. The van der Waals surface area contributed by atoms with Crippen molar-refractivity contribution in [2.45, 2.75) is 5.38 Å². The monoisotopic (exact) mass is 199 g/mol. The summed E-state index contributed by atoms with van der Waals surface area (Å²) in [6.07, 6.45) is 0.528. The lowest BCUT2D eigenvalue weighted by Crippen LogP contribution is -1.93. The molecular formula is C8H6ClNO3. The molecule has 0 aliphatic carbocycles.